The Morgan fingerprint density at radius 2 is 2.14 bits per heavy atom. The van der Waals surface area contributed by atoms with Crippen molar-refractivity contribution in [2.45, 2.75) is 24.5 Å². The quantitative estimate of drug-likeness (QED) is 0.802. The van der Waals surface area contributed by atoms with Crippen molar-refractivity contribution >= 4 is 17.7 Å². The van der Waals surface area contributed by atoms with Crippen molar-refractivity contribution in [2.24, 2.45) is 0 Å². The Bertz CT molecular complexity index is 598. The molecule has 6 heteroatoms. The van der Waals surface area contributed by atoms with Gasteiger partial charge in [-0.15, -0.1) is 0 Å². The molecular formula is C15H19N3O2S. The monoisotopic (exact) mass is 305 g/mol. The number of nitrogens with zero attached hydrogens (tertiary/aromatic N) is 2. The van der Waals surface area contributed by atoms with Crippen LogP contribution in [0.1, 0.15) is 23.8 Å². The third-order valence-electron chi connectivity index (χ3n) is 3.10. The van der Waals surface area contributed by atoms with Gasteiger partial charge in [0.15, 0.2) is 5.16 Å². The van der Waals surface area contributed by atoms with Gasteiger partial charge in [-0.05, 0) is 31.7 Å². The van der Waals surface area contributed by atoms with Gasteiger partial charge in [0, 0.05) is 18.3 Å². The van der Waals surface area contributed by atoms with Crippen molar-refractivity contribution in [1.82, 2.24) is 14.9 Å². The summed E-state index contributed by atoms with van der Waals surface area (Å²) in [6.07, 6.45) is 4.04. The zero-order chi connectivity index (χ0) is 15.2. The fraction of sp³-hybridized carbons (Fsp3) is 0.333. The van der Waals surface area contributed by atoms with Crippen LogP contribution in [0, 0.1) is 0 Å². The summed E-state index contributed by atoms with van der Waals surface area (Å²) in [6, 6.07) is 9.58. The van der Waals surface area contributed by atoms with Crippen LogP contribution in [-0.2, 0) is 0 Å². The van der Waals surface area contributed by atoms with Crippen LogP contribution in [0.4, 0.5) is 0 Å². The molecule has 0 saturated carbocycles. The molecule has 21 heavy (non-hydrogen) atoms. The lowest BCUT2D eigenvalue weighted by Crippen LogP contribution is -2.34. The zero-order valence-corrected chi connectivity index (χ0v) is 12.9. The van der Waals surface area contributed by atoms with Gasteiger partial charge in [0.25, 0.3) is 5.91 Å². The lowest BCUT2D eigenvalue weighted by Gasteiger charge is -2.14. The Labute approximate surface area is 128 Å². The topological polar surface area (TPSA) is 67.2 Å². The summed E-state index contributed by atoms with van der Waals surface area (Å²) < 4.78 is 1.84. The molecule has 2 rings (SSSR count). The maximum atomic E-state index is 12.4. The summed E-state index contributed by atoms with van der Waals surface area (Å²) in [7, 11) is 0. The summed E-state index contributed by atoms with van der Waals surface area (Å²) in [4.78, 5) is 16.7. The van der Waals surface area contributed by atoms with Gasteiger partial charge in [-0.2, -0.15) is 0 Å². The van der Waals surface area contributed by atoms with Crippen LogP contribution in [0.3, 0.4) is 0 Å². The zero-order valence-electron chi connectivity index (χ0n) is 12.1. The maximum Gasteiger partial charge on any atom is 0.270 e. The number of hydrogen-bond donors (Lipinski definition) is 2. The predicted octanol–water partition coefficient (Wildman–Crippen LogP) is 2.09. The van der Waals surface area contributed by atoms with Gasteiger partial charge in [-0.1, -0.05) is 30.0 Å². The van der Waals surface area contributed by atoms with E-state index in [1.807, 2.05) is 48.1 Å². The largest absolute Gasteiger partial charge is 0.396 e. The van der Waals surface area contributed by atoms with Gasteiger partial charge >= 0.3 is 0 Å². The number of benzene rings is 1. The third kappa shape index (κ3) is 3.65. The first-order valence-electron chi connectivity index (χ1n) is 6.76. The van der Waals surface area contributed by atoms with E-state index in [4.69, 9.17) is 5.11 Å². The molecule has 0 fully saturated rings. The Morgan fingerprint density at radius 3 is 2.76 bits per heavy atom. The number of rotatable bonds is 6. The predicted molar refractivity (Wildman–Crippen MR) is 84.0 cm³/mol. The highest BCUT2D eigenvalue weighted by Gasteiger charge is 2.18. The number of hydrogen-bond acceptors (Lipinski definition) is 4. The van der Waals surface area contributed by atoms with Gasteiger partial charge in [0.1, 0.15) is 5.69 Å². The van der Waals surface area contributed by atoms with E-state index < -0.39 is 0 Å². The van der Waals surface area contributed by atoms with Crippen LogP contribution in [-0.4, -0.2) is 39.5 Å². The number of nitrogens with one attached hydrogen (secondary N) is 1. The van der Waals surface area contributed by atoms with Gasteiger partial charge in [-0.3, -0.25) is 9.36 Å². The summed E-state index contributed by atoms with van der Waals surface area (Å²) in [5.41, 5.74) is 1.40. The van der Waals surface area contributed by atoms with Gasteiger partial charge in [0.05, 0.1) is 6.20 Å². The molecule has 0 aliphatic heterocycles. The second-order valence-electron chi connectivity index (χ2n) is 4.69. The highest BCUT2D eigenvalue weighted by Crippen LogP contribution is 2.21. The number of aliphatic hydroxyl groups excluding tert-OH is 1. The normalized spacial score (nSPS) is 12.1. The fourth-order valence-corrected chi connectivity index (χ4v) is 2.57. The number of amides is 1. The van der Waals surface area contributed by atoms with Crippen molar-refractivity contribution in [2.75, 3.05) is 12.9 Å². The lowest BCUT2D eigenvalue weighted by molar-refractivity contribution is 0.0927. The van der Waals surface area contributed by atoms with Crippen molar-refractivity contribution in [1.29, 1.82) is 0 Å². The minimum absolute atomic E-state index is 0.0510. The van der Waals surface area contributed by atoms with Crippen LogP contribution in [0.15, 0.2) is 41.7 Å². The second-order valence-corrected chi connectivity index (χ2v) is 5.46. The van der Waals surface area contributed by atoms with Gasteiger partial charge in [-0.25, -0.2) is 4.98 Å². The van der Waals surface area contributed by atoms with Crippen LogP contribution >= 0.6 is 11.8 Å². The molecule has 0 aliphatic carbocycles. The molecule has 0 bridgehead atoms. The Morgan fingerprint density at radius 1 is 1.43 bits per heavy atom. The summed E-state index contributed by atoms with van der Waals surface area (Å²) >= 11 is 1.49. The Hall–Kier alpha value is -1.79. The van der Waals surface area contributed by atoms with E-state index in [0.29, 0.717) is 12.1 Å². The smallest absolute Gasteiger partial charge is 0.270 e. The van der Waals surface area contributed by atoms with E-state index in [1.54, 1.807) is 6.20 Å². The molecule has 1 unspecified atom stereocenters. The molecule has 0 saturated heterocycles. The number of aliphatic hydroxyl groups is 1. The number of aromatic nitrogens is 2. The average molecular weight is 305 g/mol. The van der Waals surface area contributed by atoms with E-state index in [2.05, 4.69) is 10.3 Å². The van der Waals surface area contributed by atoms with E-state index in [1.165, 1.54) is 11.8 Å². The molecule has 0 aliphatic rings. The molecule has 112 valence electrons. The number of para-hydroxylation sites is 1. The number of imidazole rings is 1. The molecule has 1 aromatic heterocycles. The number of thioether (sulfide) groups is 1. The fourth-order valence-electron chi connectivity index (χ4n) is 2.03. The van der Waals surface area contributed by atoms with Gasteiger partial charge in [0.2, 0.25) is 0 Å². The molecule has 0 radical (unpaired) electrons. The molecule has 1 heterocycles. The average Bonchev–Trinajstić information content (AvgIpc) is 2.92. The summed E-state index contributed by atoms with van der Waals surface area (Å²) in [5.74, 6) is -0.187. The van der Waals surface area contributed by atoms with Crippen LogP contribution in [0.5, 0.6) is 0 Å². The number of carbonyl (C=O) groups excluding carboxylic acids is 1. The first-order valence-corrected chi connectivity index (χ1v) is 7.98. The second kappa shape index (κ2) is 7.28. The molecule has 5 nitrogen and oxygen atoms in total. The standard InChI is InChI=1S/C15H19N3O2S/c1-11(8-9-19)17-14(20)13-10-16-15(21-2)18(13)12-6-4-3-5-7-12/h3-7,10-11,19H,8-9H2,1-2H3,(H,17,20). The Balaban J connectivity index is 2.32. The SMILES string of the molecule is CSc1ncc(C(=O)NC(C)CCO)n1-c1ccccc1. The van der Waals surface area contributed by atoms with Gasteiger partial charge < -0.3 is 10.4 Å². The first-order chi connectivity index (χ1) is 10.2. The molecular weight excluding hydrogens is 286 g/mol. The van der Waals surface area contributed by atoms with Crippen molar-refractivity contribution in [3.63, 3.8) is 0 Å². The van der Waals surface area contributed by atoms with E-state index in [9.17, 15) is 4.79 Å². The van der Waals surface area contributed by atoms with Crippen molar-refractivity contribution in [3.8, 4) is 5.69 Å². The maximum absolute atomic E-state index is 12.4. The Kier molecular flexibility index (Phi) is 5.41. The van der Waals surface area contributed by atoms with Crippen LogP contribution < -0.4 is 5.32 Å². The van der Waals surface area contributed by atoms with Crippen LogP contribution in [0.2, 0.25) is 0 Å². The van der Waals surface area contributed by atoms with Crippen LogP contribution in [0.25, 0.3) is 5.69 Å². The molecule has 0 spiro atoms. The summed E-state index contributed by atoms with van der Waals surface area (Å²) in [5, 5.41) is 12.6. The molecule has 1 atom stereocenters. The molecule has 2 N–H and O–H groups in total. The lowest BCUT2D eigenvalue weighted by atomic mass is 10.2. The molecule has 1 amide bonds. The summed E-state index contributed by atoms with van der Waals surface area (Å²) in [6.45, 7) is 1.92. The number of carbonyl (C=O) groups is 1. The first kappa shape index (κ1) is 15.6. The van der Waals surface area contributed by atoms with E-state index >= 15 is 0 Å². The minimum atomic E-state index is -0.187. The van der Waals surface area contributed by atoms with Crippen molar-refractivity contribution in [3.05, 3.63) is 42.2 Å². The molecule has 2 aromatic rings. The third-order valence-corrected chi connectivity index (χ3v) is 3.75. The highest BCUT2D eigenvalue weighted by atomic mass is 32.2. The van der Waals surface area contributed by atoms with E-state index in [0.717, 1.165) is 10.8 Å². The minimum Gasteiger partial charge on any atom is -0.396 e. The van der Waals surface area contributed by atoms with E-state index in [-0.39, 0.29) is 18.6 Å². The molecule has 1 aromatic carbocycles. The highest BCUT2D eigenvalue weighted by molar-refractivity contribution is 7.98. The van der Waals surface area contributed by atoms with Crippen molar-refractivity contribution < 1.29 is 9.90 Å².